The zero-order valence-electron chi connectivity index (χ0n) is 9.30. The van der Waals surface area contributed by atoms with Crippen molar-refractivity contribution in [3.63, 3.8) is 0 Å². The van der Waals surface area contributed by atoms with Gasteiger partial charge in [-0.2, -0.15) is 5.10 Å². The largest absolute Gasteiger partial charge is 0.476 e. The van der Waals surface area contributed by atoms with E-state index in [2.05, 4.69) is 10.1 Å². The molecule has 2 aromatic rings. The van der Waals surface area contributed by atoms with Crippen LogP contribution in [0, 0.1) is 6.92 Å². The molecule has 17 heavy (non-hydrogen) atoms. The maximum Gasteiger partial charge on any atom is 0.355 e. The second kappa shape index (κ2) is 3.66. The molecule has 2 aromatic heterocycles. The monoisotopic (exact) mass is 249 g/mol. The number of aryl methyl sites for hydroxylation is 1. The van der Waals surface area contributed by atoms with Crippen LogP contribution in [0.4, 0.5) is 0 Å². The maximum atomic E-state index is 10.8. The van der Waals surface area contributed by atoms with Gasteiger partial charge < -0.3 is 5.11 Å². The van der Waals surface area contributed by atoms with Gasteiger partial charge in [-0.25, -0.2) is 14.5 Å². The van der Waals surface area contributed by atoms with Crippen molar-refractivity contribution in [3.05, 3.63) is 28.0 Å². The number of carbonyl (C=O) groups is 1. The molecule has 1 N–H and O–H groups in total. The Hall–Kier alpha value is -1.69. The second-order valence-electron chi connectivity index (χ2n) is 4.10. The summed E-state index contributed by atoms with van der Waals surface area (Å²) in [6.07, 6.45) is 3.21. The van der Waals surface area contributed by atoms with E-state index in [0.717, 1.165) is 25.0 Å². The van der Waals surface area contributed by atoms with Crippen LogP contribution in [-0.4, -0.2) is 25.8 Å². The molecule has 2 heterocycles. The summed E-state index contributed by atoms with van der Waals surface area (Å²) in [7, 11) is 0. The molecule has 0 saturated carbocycles. The van der Waals surface area contributed by atoms with Crippen LogP contribution in [0.15, 0.2) is 5.38 Å². The third-order valence-electron chi connectivity index (χ3n) is 3.02. The number of hydrogen-bond acceptors (Lipinski definition) is 4. The molecule has 0 saturated heterocycles. The Bertz CT molecular complexity index is 600. The molecule has 6 heteroatoms. The van der Waals surface area contributed by atoms with E-state index in [1.807, 2.05) is 6.92 Å². The number of rotatable bonds is 2. The molecule has 0 aromatic carbocycles. The van der Waals surface area contributed by atoms with Gasteiger partial charge in [-0.15, -0.1) is 11.3 Å². The number of aromatic nitrogens is 3. The second-order valence-corrected chi connectivity index (χ2v) is 4.93. The molecule has 0 bridgehead atoms. The standard InChI is InChI=1S/C11H11N3O2S/c1-6-7-3-2-4-9(7)14(13-6)11-12-8(5-17-11)10(15)16/h5H,2-4H2,1H3,(H,15,16). The molecule has 0 radical (unpaired) electrons. The van der Waals surface area contributed by atoms with Gasteiger partial charge in [0.1, 0.15) is 0 Å². The molecule has 0 amide bonds. The maximum absolute atomic E-state index is 10.8. The summed E-state index contributed by atoms with van der Waals surface area (Å²) in [5.41, 5.74) is 3.61. The van der Waals surface area contributed by atoms with Crippen molar-refractivity contribution in [2.45, 2.75) is 26.2 Å². The Morgan fingerprint density at radius 3 is 3.06 bits per heavy atom. The van der Waals surface area contributed by atoms with E-state index in [4.69, 9.17) is 5.11 Å². The fourth-order valence-corrected chi connectivity index (χ4v) is 3.01. The van der Waals surface area contributed by atoms with Gasteiger partial charge in [0.2, 0.25) is 5.13 Å². The van der Waals surface area contributed by atoms with Crippen molar-refractivity contribution in [2.75, 3.05) is 0 Å². The van der Waals surface area contributed by atoms with E-state index in [-0.39, 0.29) is 5.69 Å². The van der Waals surface area contributed by atoms with E-state index < -0.39 is 5.97 Å². The first kappa shape index (κ1) is 10.5. The van der Waals surface area contributed by atoms with Crippen LogP contribution in [0.3, 0.4) is 0 Å². The van der Waals surface area contributed by atoms with Crippen molar-refractivity contribution in [1.82, 2.24) is 14.8 Å². The summed E-state index contributed by atoms with van der Waals surface area (Å²) in [5.74, 6) is -0.993. The number of aromatic carboxylic acids is 1. The molecular weight excluding hydrogens is 238 g/mol. The molecule has 0 spiro atoms. The lowest BCUT2D eigenvalue weighted by Crippen LogP contribution is -2.03. The van der Waals surface area contributed by atoms with Crippen molar-refractivity contribution in [3.8, 4) is 5.13 Å². The predicted molar refractivity (Wildman–Crippen MR) is 63.0 cm³/mol. The smallest absolute Gasteiger partial charge is 0.355 e. The Balaban J connectivity index is 2.09. The van der Waals surface area contributed by atoms with Crippen molar-refractivity contribution in [2.24, 2.45) is 0 Å². The van der Waals surface area contributed by atoms with Gasteiger partial charge in [0.25, 0.3) is 0 Å². The topological polar surface area (TPSA) is 68.0 Å². The van der Waals surface area contributed by atoms with Gasteiger partial charge >= 0.3 is 5.97 Å². The SMILES string of the molecule is Cc1nn(-c2nc(C(=O)O)cs2)c2c1CCC2. The summed E-state index contributed by atoms with van der Waals surface area (Å²) >= 11 is 1.32. The van der Waals surface area contributed by atoms with Crippen molar-refractivity contribution >= 4 is 17.3 Å². The molecule has 0 fully saturated rings. The van der Waals surface area contributed by atoms with Gasteiger partial charge in [-0.05, 0) is 31.7 Å². The van der Waals surface area contributed by atoms with Gasteiger partial charge in [0, 0.05) is 5.38 Å². The highest BCUT2D eigenvalue weighted by Gasteiger charge is 2.22. The first-order valence-corrected chi connectivity index (χ1v) is 6.31. The van der Waals surface area contributed by atoms with E-state index in [0.29, 0.717) is 5.13 Å². The van der Waals surface area contributed by atoms with Crippen LogP contribution in [0.25, 0.3) is 5.13 Å². The lowest BCUT2D eigenvalue weighted by molar-refractivity contribution is 0.0691. The number of fused-ring (bicyclic) bond motifs is 1. The summed E-state index contributed by atoms with van der Waals surface area (Å²) < 4.78 is 1.80. The molecule has 0 unspecified atom stereocenters. The van der Waals surface area contributed by atoms with Crippen LogP contribution >= 0.6 is 11.3 Å². The molecule has 0 aliphatic heterocycles. The first-order chi connectivity index (χ1) is 8.16. The highest BCUT2D eigenvalue weighted by molar-refractivity contribution is 7.12. The minimum absolute atomic E-state index is 0.0879. The summed E-state index contributed by atoms with van der Waals surface area (Å²) in [4.78, 5) is 14.9. The van der Waals surface area contributed by atoms with E-state index >= 15 is 0 Å². The van der Waals surface area contributed by atoms with Crippen LogP contribution in [-0.2, 0) is 12.8 Å². The van der Waals surface area contributed by atoms with Gasteiger partial charge in [-0.3, -0.25) is 0 Å². The number of carboxylic acids is 1. The molecule has 3 rings (SSSR count). The molecule has 0 atom stereocenters. The Kier molecular flexibility index (Phi) is 2.25. The minimum atomic E-state index is -0.993. The number of thiazole rings is 1. The summed E-state index contributed by atoms with van der Waals surface area (Å²) in [6, 6.07) is 0. The molecule has 88 valence electrons. The summed E-state index contributed by atoms with van der Waals surface area (Å²) in [5, 5.41) is 15.5. The van der Waals surface area contributed by atoms with Crippen LogP contribution in [0.5, 0.6) is 0 Å². The first-order valence-electron chi connectivity index (χ1n) is 5.43. The average Bonchev–Trinajstić information content (AvgIpc) is 2.96. The van der Waals surface area contributed by atoms with Crippen molar-refractivity contribution in [1.29, 1.82) is 0 Å². The lowest BCUT2D eigenvalue weighted by Gasteiger charge is -1.99. The predicted octanol–water partition coefficient (Wildman–Crippen LogP) is 1.82. The van der Waals surface area contributed by atoms with Gasteiger partial charge in [0.15, 0.2) is 5.69 Å². The highest BCUT2D eigenvalue weighted by Crippen LogP contribution is 2.28. The third-order valence-corrected chi connectivity index (χ3v) is 3.84. The number of nitrogens with zero attached hydrogens (tertiary/aromatic N) is 3. The lowest BCUT2D eigenvalue weighted by atomic mass is 10.2. The Morgan fingerprint density at radius 1 is 1.53 bits per heavy atom. The number of carboxylic acid groups (broad SMARTS) is 1. The quantitative estimate of drug-likeness (QED) is 0.881. The van der Waals surface area contributed by atoms with Crippen LogP contribution < -0.4 is 0 Å². The van der Waals surface area contributed by atoms with E-state index in [1.165, 1.54) is 22.6 Å². The van der Waals surface area contributed by atoms with Crippen LogP contribution in [0.1, 0.15) is 33.9 Å². The molecular formula is C11H11N3O2S. The highest BCUT2D eigenvalue weighted by atomic mass is 32.1. The van der Waals surface area contributed by atoms with Crippen LogP contribution in [0.2, 0.25) is 0 Å². The third kappa shape index (κ3) is 1.56. The molecule has 5 nitrogen and oxygen atoms in total. The average molecular weight is 249 g/mol. The summed E-state index contributed by atoms with van der Waals surface area (Å²) in [6.45, 7) is 1.99. The fourth-order valence-electron chi connectivity index (χ4n) is 2.24. The zero-order chi connectivity index (χ0) is 12.0. The Labute approximate surface area is 102 Å². The van der Waals surface area contributed by atoms with Crippen molar-refractivity contribution < 1.29 is 9.90 Å². The normalized spacial score (nSPS) is 13.9. The molecule has 1 aliphatic carbocycles. The minimum Gasteiger partial charge on any atom is -0.476 e. The van der Waals surface area contributed by atoms with E-state index in [1.54, 1.807) is 10.1 Å². The molecule has 1 aliphatic rings. The Morgan fingerprint density at radius 2 is 2.35 bits per heavy atom. The van der Waals surface area contributed by atoms with Gasteiger partial charge in [0.05, 0.1) is 11.4 Å². The van der Waals surface area contributed by atoms with Gasteiger partial charge in [-0.1, -0.05) is 0 Å². The zero-order valence-corrected chi connectivity index (χ0v) is 10.1. The van der Waals surface area contributed by atoms with E-state index in [9.17, 15) is 4.79 Å². The number of hydrogen-bond donors (Lipinski definition) is 1. The fraction of sp³-hybridized carbons (Fsp3) is 0.364.